The maximum Gasteiger partial charge on any atom is 0.407 e. The quantitative estimate of drug-likeness (QED) is 0.226. The predicted octanol–water partition coefficient (Wildman–Crippen LogP) is 4.05. The number of para-hydroxylation sites is 1. The number of nitrogens with one attached hydrogen (secondary N) is 3. The first-order valence-electron chi connectivity index (χ1n) is 16.1. The summed E-state index contributed by atoms with van der Waals surface area (Å²) in [5.41, 5.74) is 5.32. The molecule has 0 aliphatic carbocycles. The molecule has 0 saturated carbocycles. The molecule has 14 nitrogen and oxygen atoms in total. The fourth-order valence-electron chi connectivity index (χ4n) is 5.46. The first kappa shape index (κ1) is 36.0. The number of nitrogens with zero attached hydrogens (tertiary/aromatic N) is 3. The Morgan fingerprint density at radius 1 is 0.854 bits per heavy atom. The van der Waals surface area contributed by atoms with Crippen molar-refractivity contribution in [1.29, 1.82) is 0 Å². The number of benzene rings is 2. The molecule has 3 N–H and O–H groups in total. The summed E-state index contributed by atoms with van der Waals surface area (Å²) < 4.78 is 19.8. The van der Waals surface area contributed by atoms with Crippen molar-refractivity contribution in [3.63, 3.8) is 0 Å². The summed E-state index contributed by atoms with van der Waals surface area (Å²) in [5, 5.41) is 17.0. The van der Waals surface area contributed by atoms with Gasteiger partial charge in [0.05, 0.1) is 37.2 Å². The molecule has 2 aliphatic heterocycles. The lowest BCUT2D eigenvalue weighted by Crippen LogP contribution is -2.48. The highest BCUT2D eigenvalue weighted by Crippen LogP contribution is 2.43. The lowest BCUT2D eigenvalue weighted by molar-refractivity contribution is -0.123. The molecule has 0 bridgehead atoms. The first-order valence-corrected chi connectivity index (χ1v) is 16.1. The van der Waals surface area contributed by atoms with Crippen LogP contribution in [0, 0.1) is 0 Å². The van der Waals surface area contributed by atoms with Crippen molar-refractivity contribution in [2.24, 2.45) is 10.2 Å². The molecule has 0 spiro atoms. The lowest BCUT2D eigenvalue weighted by atomic mass is 9.90. The summed E-state index contributed by atoms with van der Waals surface area (Å²) in [6.45, 7) is 3.37. The van der Waals surface area contributed by atoms with Gasteiger partial charge in [0.15, 0.2) is 0 Å². The zero-order valence-electron chi connectivity index (χ0n) is 27.7. The second-order valence-electron chi connectivity index (χ2n) is 11.2. The van der Waals surface area contributed by atoms with Crippen molar-refractivity contribution < 1.29 is 38.1 Å². The van der Waals surface area contributed by atoms with Crippen molar-refractivity contribution in [3.8, 4) is 0 Å². The number of unbranched alkanes of at least 4 members (excludes halogenated alkanes) is 1. The molecule has 4 amide bonds. The smallest absolute Gasteiger partial charge is 0.407 e. The third-order valence-electron chi connectivity index (χ3n) is 7.87. The Balaban J connectivity index is 1.38. The average molecular weight is 665 g/mol. The highest BCUT2D eigenvalue weighted by atomic mass is 16.6. The van der Waals surface area contributed by atoms with E-state index in [1.807, 2.05) is 55.5 Å². The standard InChI is InChI=1S/C34H44N6O8/c1-23-30-26-12-6-7-14-28(26)40(22-24-10-4-5-11-25(24)31(30)39-38-23)29(41)15-17-35-32(42)27(37-34(44)48-21-19-46-3)13-8-9-16-36-33(43)47-20-18-45-2/h4-7,10-12,14,23,27H,8-9,13,15-22H2,1-3H3,(H,35,42)(H,36,43)(H,37,44). The summed E-state index contributed by atoms with van der Waals surface area (Å²) in [4.78, 5) is 52.9. The van der Waals surface area contributed by atoms with Gasteiger partial charge in [-0.3, -0.25) is 9.59 Å². The number of rotatable bonds is 16. The van der Waals surface area contributed by atoms with E-state index in [-0.39, 0.29) is 51.2 Å². The van der Waals surface area contributed by atoms with Crippen LogP contribution in [0.4, 0.5) is 15.3 Å². The van der Waals surface area contributed by atoms with Crippen molar-refractivity contribution in [2.45, 2.75) is 51.2 Å². The molecule has 4 rings (SSSR count). The largest absolute Gasteiger partial charge is 0.447 e. The van der Waals surface area contributed by atoms with Gasteiger partial charge in [-0.05, 0) is 37.8 Å². The summed E-state index contributed by atoms with van der Waals surface area (Å²) in [6, 6.07) is 14.5. The topological polar surface area (TPSA) is 169 Å². The number of methoxy groups -OCH3 is 2. The molecule has 0 radical (unpaired) electrons. The van der Waals surface area contributed by atoms with E-state index in [1.165, 1.54) is 14.2 Å². The van der Waals surface area contributed by atoms with E-state index in [0.717, 1.165) is 33.6 Å². The maximum absolute atomic E-state index is 13.8. The fraction of sp³-hybridized carbons (Fsp3) is 0.471. The highest BCUT2D eigenvalue weighted by molar-refractivity contribution is 6.03. The van der Waals surface area contributed by atoms with Crippen LogP contribution in [0.25, 0.3) is 11.3 Å². The molecule has 2 aromatic carbocycles. The molecular weight excluding hydrogens is 620 g/mol. The molecule has 0 saturated heterocycles. The lowest BCUT2D eigenvalue weighted by Gasteiger charge is -2.29. The van der Waals surface area contributed by atoms with Gasteiger partial charge in [0, 0.05) is 50.4 Å². The molecule has 14 heteroatoms. The van der Waals surface area contributed by atoms with Crippen LogP contribution < -0.4 is 20.9 Å². The molecule has 0 aromatic heterocycles. The van der Waals surface area contributed by atoms with Gasteiger partial charge in [-0.25, -0.2) is 9.59 Å². The van der Waals surface area contributed by atoms with Crippen LogP contribution >= 0.6 is 0 Å². The molecule has 2 aliphatic rings. The molecule has 48 heavy (non-hydrogen) atoms. The third-order valence-corrected chi connectivity index (χ3v) is 7.87. The summed E-state index contributed by atoms with van der Waals surface area (Å²) in [6.07, 6.45) is 0.0336. The summed E-state index contributed by atoms with van der Waals surface area (Å²) in [5.74, 6) is -0.622. The molecule has 2 atom stereocenters. The van der Waals surface area contributed by atoms with E-state index in [9.17, 15) is 19.2 Å². The molecule has 2 heterocycles. The minimum absolute atomic E-state index is 0.0263. The monoisotopic (exact) mass is 664 g/mol. The van der Waals surface area contributed by atoms with Crippen LogP contribution in [-0.2, 0) is 35.1 Å². The van der Waals surface area contributed by atoms with E-state index in [2.05, 4.69) is 26.2 Å². The van der Waals surface area contributed by atoms with Gasteiger partial charge in [-0.15, -0.1) is 0 Å². The fourth-order valence-corrected chi connectivity index (χ4v) is 5.46. The Morgan fingerprint density at radius 3 is 2.29 bits per heavy atom. The zero-order chi connectivity index (χ0) is 34.3. The van der Waals surface area contributed by atoms with E-state index in [4.69, 9.17) is 18.9 Å². The molecule has 2 aromatic rings. The van der Waals surface area contributed by atoms with Gasteiger partial charge in [-0.1, -0.05) is 42.5 Å². The van der Waals surface area contributed by atoms with Crippen LogP contribution in [0.1, 0.15) is 49.3 Å². The van der Waals surface area contributed by atoms with Crippen LogP contribution in [0.5, 0.6) is 0 Å². The summed E-state index contributed by atoms with van der Waals surface area (Å²) >= 11 is 0. The van der Waals surface area contributed by atoms with Gasteiger partial charge < -0.3 is 39.8 Å². The minimum Gasteiger partial charge on any atom is -0.447 e. The number of hydrogen-bond donors (Lipinski definition) is 3. The van der Waals surface area contributed by atoms with Gasteiger partial charge in [-0.2, -0.15) is 10.2 Å². The highest BCUT2D eigenvalue weighted by Gasteiger charge is 2.31. The van der Waals surface area contributed by atoms with Crippen LogP contribution in [0.15, 0.2) is 58.8 Å². The normalized spacial score (nSPS) is 15.3. The van der Waals surface area contributed by atoms with E-state index in [0.29, 0.717) is 32.5 Å². The van der Waals surface area contributed by atoms with Crippen molar-refractivity contribution in [1.82, 2.24) is 16.0 Å². The van der Waals surface area contributed by atoms with Gasteiger partial charge in [0.25, 0.3) is 0 Å². The third kappa shape index (κ3) is 9.84. The second kappa shape index (κ2) is 18.5. The number of azo groups is 1. The number of ether oxygens (including phenoxy) is 4. The van der Waals surface area contributed by atoms with Crippen LogP contribution in [-0.4, -0.2) is 89.8 Å². The minimum atomic E-state index is -0.917. The Morgan fingerprint density at radius 2 is 1.54 bits per heavy atom. The first-order chi connectivity index (χ1) is 23.3. The van der Waals surface area contributed by atoms with E-state index in [1.54, 1.807) is 4.90 Å². The number of carbonyl (C=O) groups excluding carboxylic acids is 4. The van der Waals surface area contributed by atoms with Crippen LogP contribution in [0.2, 0.25) is 0 Å². The number of amides is 4. The van der Waals surface area contributed by atoms with E-state index < -0.39 is 24.1 Å². The number of fused-ring (bicyclic) bond motifs is 4. The number of hydrogen-bond acceptors (Lipinski definition) is 10. The van der Waals surface area contributed by atoms with Gasteiger partial charge in [0.2, 0.25) is 11.8 Å². The predicted molar refractivity (Wildman–Crippen MR) is 178 cm³/mol. The van der Waals surface area contributed by atoms with Crippen molar-refractivity contribution in [3.05, 3.63) is 65.2 Å². The maximum atomic E-state index is 13.8. The zero-order valence-corrected chi connectivity index (χ0v) is 27.7. The number of anilines is 1. The molecule has 0 fully saturated rings. The summed E-state index contributed by atoms with van der Waals surface area (Å²) in [7, 11) is 3.00. The van der Waals surface area contributed by atoms with Crippen molar-refractivity contribution >= 4 is 41.0 Å². The SMILES string of the molecule is COCCOC(=O)NCCCCC(NC(=O)OCCOC)C(=O)NCCC(=O)N1Cc2ccccc2C2=C(c3ccccc31)C(C)N=N2. The van der Waals surface area contributed by atoms with Crippen molar-refractivity contribution in [2.75, 3.05) is 58.6 Å². The average Bonchev–Trinajstić information content (AvgIpc) is 3.46. The van der Waals surface area contributed by atoms with Crippen LogP contribution in [0.3, 0.4) is 0 Å². The Bertz CT molecular complexity index is 1500. The molecule has 2 unspecified atom stereocenters. The number of carbonyl (C=O) groups is 4. The Kier molecular flexibility index (Phi) is 13.9. The second-order valence-corrected chi connectivity index (χ2v) is 11.2. The van der Waals surface area contributed by atoms with E-state index >= 15 is 0 Å². The molecule has 258 valence electrons. The number of alkyl carbamates (subject to hydrolysis) is 2. The Labute approximate surface area is 280 Å². The van der Waals surface area contributed by atoms with Gasteiger partial charge >= 0.3 is 12.2 Å². The van der Waals surface area contributed by atoms with Gasteiger partial charge in [0.1, 0.15) is 19.3 Å². The molecular formula is C34H44N6O8. The Hall–Kier alpha value is -4.82.